The third-order valence-electron chi connectivity index (χ3n) is 5.90. The van der Waals surface area contributed by atoms with Gasteiger partial charge in [0.25, 0.3) is 5.91 Å². The van der Waals surface area contributed by atoms with Crippen molar-refractivity contribution < 1.29 is 9.59 Å². The first kappa shape index (κ1) is 22.8. The van der Waals surface area contributed by atoms with Gasteiger partial charge in [0.05, 0.1) is 17.8 Å². The molecular weight excluding hydrogens is 440 g/mol. The number of hydrogen-bond acceptors (Lipinski definition) is 5. The molecule has 3 aromatic rings. The first-order valence-electron chi connectivity index (χ1n) is 11.0. The summed E-state index contributed by atoms with van der Waals surface area (Å²) in [4.78, 5) is 40.7. The third kappa shape index (κ3) is 5.70. The van der Waals surface area contributed by atoms with Gasteiger partial charge in [-0.3, -0.25) is 9.59 Å². The zero-order valence-electron chi connectivity index (χ0n) is 18.5. The van der Waals surface area contributed by atoms with E-state index in [1.165, 1.54) is 0 Å². The monoisotopic (exact) mass is 466 g/mol. The first-order valence-corrected chi connectivity index (χ1v) is 11.4. The zero-order valence-corrected chi connectivity index (χ0v) is 19.3. The fourth-order valence-corrected chi connectivity index (χ4v) is 3.99. The Morgan fingerprint density at radius 2 is 1.85 bits per heavy atom. The average molecular weight is 467 g/mol. The van der Waals surface area contributed by atoms with Gasteiger partial charge in [0.15, 0.2) is 0 Å². The van der Waals surface area contributed by atoms with Crippen molar-refractivity contribution in [2.75, 3.05) is 37.6 Å². The lowest BCUT2D eigenvalue weighted by Crippen LogP contribution is -2.50. The number of pyridine rings is 1. The summed E-state index contributed by atoms with van der Waals surface area (Å²) in [5.74, 6) is 0.562. The molecule has 0 saturated carbocycles. The molecule has 2 N–H and O–H groups in total. The Morgan fingerprint density at radius 3 is 2.48 bits per heavy atom. The van der Waals surface area contributed by atoms with Crippen LogP contribution in [0.1, 0.15) is 34.5 Å². The molecule has 0 radical (unpaired) electrons. The second-order valence-electron chi connectivity index (χ2n) is 8.07. The number of nitrogens with zero attached hydrogens (tertiary/aromatic N) is 4. The Hall–Kier alpha value is -3.39. The number of piperazine rings is 1. The van der Waals surface area contributed by atoms with Gasteiger partial charge in [-0.15, -0.1) is 0 Å². The Labute approximate surface area is 198 Å². The highest BCUT2D eigenvalue weighted by atomic mass is 35.5. The number of aromatic nitrogens is 3. The van der Waals surface area contributed by atoms with Gasteiger partial charge < -0.3 is 20.1 Å². The van der Waals surface area contributed by atoms with Crippen LogP contribution in [0.25, 0.3) is 0 Å². The molecule has 1 aliphatic heterocycles. The number of imidazole rings is 1. The maximum atomic E-state index is 12.9. The van der Waals surface area contributed by atoms with Crippen molar-refractivity contribution in [1.29, 1.82) is 0 Å². The van der Waals surface area contributed by atoms with E-state index in [0.29, 0.717) is 49.7 Å². The van der Waals surface area contributed by atoms with Crippen molar-refractivity contribution in [2.24, 2.45) is 0 Å². The van der Waals surface area contributed by atoms with Crippen molar-refractivity contribution in [3.8, 4) is 0 Å². The van der Waals surface area contributed by atoms with Crippen LogP contribution in [0, 0.1) is 0 Å². The summed E-state index contributed by atoms with van der Waals surface area (Å²) >= 11 is 5.96. The maximum Gasteiger partial charge on any atom is 0.252 e. The van der Waals surface area contributed by atoms with Crippen LogP contribution in [0.15, 0.2) is 55.1 Å². The van der Waals surface area contributed by atoms with Crippen LogP contribution in [0.3, 0.4) is 0 Å². The van der Waals surface area contributed by atoms with Gasteiger partial charge in [-0.25, -0.2) is 9.97 Å². The standard InChI is InChI=1S/C24H27ClN6O2/c1-17(18-2-5-20(25)6-3-18)24(33)31-12-10-30(11-13-31)22-7-4-19(14-28-22)23(32)27-9-8-21-15-26-16-29-21/h2-7,14-17H,8-13H2,1H3,(H,26,29)(H,27,32). The van der Waals surface area contributed by atoms with E-state index in [9.17, 15) is 9.59 Å². The normalized spacial score (nSPS) is 14.7. The number of H-pyrrole nitrogens is 1. The minimum atomic E-state index is -0.210. The SMILES string of the molecule is CC(C(=O)N1CCN(c2ccc(C(=O)NCCc3cnc[nH]3)cn2)CC1)c1ccc(Cl)cc1. The van der Waals surface area contributed by atoms with Crippen LogP contribution in [0.5, 0.6) is 0 Å². The van der Waals surface area contributed by atoms with E-state index in [1.54, 1.807) is 24.8 Å². The number of benzene rings is 1. The molecule has 172 valence electrons. The first-order chi connectivity index (χ1) is 16.0. The summed E-state index contributed by atoms with van der Waals surface area (Å²) in [6, 6.07) is 11.1. The van der Waals surface area contributed by atoms with Gasteiger partial charge >= 0.3 is 0 Å². The number of carbonyl (C=O) groups excluding carboxylic acids is 2. The predicted molar refractivity (Wildman–Crippen MR) is 128 cm³/mol. The van der Waals surface area contributed by atoms with E-state index in [0.717, 1.165) is 17.1 Å². The molecule has 0 bridgehead atoms. The zero-order chi connectivity index (χ0) is 23.2. The minimum absolute atomic E-state index is 0.118. The molecule has 9 heteroatoms. The van der Waals surface area contributed by atoms with E-state index >= 15 is 0 Å². The van der Waals surface area contributed by atoms with Crippen molar-refractivity contribution >= 4 is 29.2 Å². The molecule has 1 atom stereocenters. The molecule has 1 aromatic carbocycles. The average Bonchev–Trinajstić information content (AvgIpc) is 3.37. The van der Waals surface area contributed by atoms with Crippen LogP contribution in [-0.4, -0.2) is 64.4 Å². The Balaban J connectivity index is 1.26. The van der Waals surface area contributed by atoms with Crippen LogP contribution in [-0.2, 0) is 11.2 Å². The molecule has 2 amide bonds. The summed E-state index contributed by atoms with van der Waals surface area (Å²) in [5.41, 5.74) is 2.46. The summed E-state index contributed by atoms with van der Waals surface area (Å²) < 4.78 is 0. The molecule has 2 aromatic heterocycles. The third-order valence-corrected chi connectivity index (χ3v) is 6.15. The second kappa shape index (κ2) is 10.5. The van der Waals surface area contributed by atoms with Gasteiger partial charge in [-0.1, -0.05) is 23.7 Å². The highest BCUT2D eigenvalue weighted by Gasteiger charge is 2.26. The Morgan fingerprint density at radius 1 is 1.09 bits per heavy atom. The molecule has 1 unspecified atom stereocenters. The van der Waals surface area contributed by atoms with E-state index in [-0.39, 0.29) is 17.7 Å². The molecule has 0 spiro atoms. The van der Waals surface area contributed by atoms with E-state index in [2.05, 4.69) is 25.2 Å². The number of amides is 2. The van der Waals surface area contributed by atoms with Crippen molar-refractivity contribution in [3.63, 3.8) is 0 Å². The summed E-state index contributed by atoms with van der Waals surface area (Å²) in [6.45, 7) is 5.11. The maximum absolute atomic E-state index is 12.9. The second-order valence-corrected chi connectivity index (χ2v) is 8.51. The molecule has 33 heavy (non-hydrogen) atoms. The number of anilines is 1. The van der Waals surface area contributed by atoms with Gasteiger partial charge in [0, 0.05) is 62.3 Å². The van der Waals surface area contributed by atoms with Crippen molar-refractivity contribution in [2.45, 2.75) is 19.3 Å². The number of carbonyl (C=O) groups is 2. The number of aromatic amines is 1. The molecule has 4 rings (SSSR count). The summed E-state index contributed by atoms with van der Waals surface area (Å²) in [5, 5.41) is 3.55. The largest absolute Gasteiger partial charge is 0.353 e. The van der Waals surface area contributed by atoms with Gasteiger partial charge in [-0.05, 0) is 36.8 Å². The Bertz CT molecular complexity index is 1060. The van der Waals surface area contributed by atoms with Crippen molar-refractivity contribution in [1.82, 2.24) is 25.2 Å². The lowest BCUT2D eigenvalue weighted by Gasteiger charge is -2.36. The number of rotatable bonds is 7. The van der Waals surface area contributed by atoms with E-state index < -0.39 is 0 Å². The van der Waals surface area contributed by atoms with Gasteiger partial charge in [-0.2, -0.15) is 0 Å². The number of nitrogens with one attached hydrogen (secondary N) is 2. The molecule has 0 aliphatic carbocycles. The highest BCUT2D eigenvalue weighted by molar-refractivity contribution is 6.30. The van der Waals surface area contributed by atoms with E-state index in [4.69, 9.17) is 11.6 Å². The van der Waals surface area contributed by atoms with Crippen LogP contribution >= 0.6 is 11.6 Å². The van der Waals surface area contributed by atoms with Crippen molar-refractivity contribution in [3.05, 3.63) is 77.0 Å². The fraction of sp³-hybridized carbons (Fsp3) is 0.333. The topological polar surface area (TPSA) is 94.2 Å². The minimum Gasteiger partial charge on any atom is -0.353 e. The number of hydrogen-bond donors (Lipinski definition) is 2. The van der Waals surface area contributed by atoms with Gasteiger partial charge in [0.2, 0.25) is 5.91 Å². The number of halogens is 1. The molecule has 1 fully saturated rings. The molecular formula is C24H27ClN6O2. The fourth-order valence-electron chi connectivity index (χ4n) is 3.87. The summed E-state index contributed by atoms with van der Waals surface area (Å²) in [7, 11) is 0. The van der Waals surface area contributed by atoms with Crippen LogP contribution in [0.2, 0.25) is 5.02 Å². The quantitative estimate of drug-likeness (QED) is 0.558. The lowest BCUT2D eigenvalue weighted by molar-refractivity contribution is -0.132. The smallest absolute Gasteiger partial charge is 0.252 e. The molecule has 3 heterocycles. The van der Waals surface area contributed by atoms with Gasteiger partial charge in [0.1, 0.15) is 5.82 Å². The molecule has 8 nitrogen and oxygen atoms in total. The summed E-state index contributed by atoms with van der Waals surface area (Å²) in [6.07, 6.45) is 5.65. The molecule has 1 aliphatic rings. The predicted octanol–water partition coefficient (Wildman–Crippen LogP) is 2.88. The van der Waals surface area contributed by atoms with Crippen LogP contribution in [0.4, 0.5) is 5.82 Å². The Kier molecular flexibility index (Phi) is 7.24. The lowest BCUT2D eigenvalue weighted by atomic mass is 9.99. The van der Waals surface area contributed by atoms with Crippen LogP contribution < -0.4 is 10.2 Å². The highest BCUT2D eigenvalue weighted by Crippen LogP contribution is 2.22. The molecule has 1 saturated heterocycles. The van der Waals surface area contributed by atoms with E-state index in [1.807, 2.05) is 42.2 Å².